The Bertz CT molecular complexity index is 816. The average molecular weight is 385 g/mol. The number of carbonyl (C=O) groups is 1. The van der Waals surface area contributed by atoms with Crippen LogP contribution in [-0.4, -0.2) is 31.7 Å². The normalized spacial score (nSPS) is 11.4. The predicted molar refractivity (Wildman–Crippen MR) is 102 cm³/mol. The second-order valence-corrected chi connectivity index (χ2v) is 5.42. The van der Waals surface area contributed by atoms with Gasteiger partial charge in [-0.15, -0.1) is 35.0 Å². The Morgan fingerprint density at radius 3 is 2.88 bits per heavy atom. The lowest BCUT2D eigenvalue weighted by Crippen LogP contribution is -2.42. The molecule has 3 aromatic rings. The van der Waals surface area contributed by atoms with Crippen LogP contribution in [0.1, 0.15) is 18.3 Å². The second-order valence-electron chi connectivity index (χ2n) is 5.42. The van der Waals surface area contributed by atoms with Crippen molar-refractivity contribution in [3.8, 4) is 0 Å². The first kappa shape index (κ1) is 21.0. The smallest absolute Gasteiger partial charge is 0.237 e. The number of para-hydroxylation sites is 1. The lowest BCUT2D eigenvalue weighted by atomic mass is 10.1. The van der Waals surface area contributed by atoms with E-state index in [9.17, 15) is 4.79 Å². The molecule has 2 heterocycles. The van der Waals surface area contributed by atoms with Crippen LogP contribution < -0.4 is 11.1 Å². The van der Waals surface area contributed by atoms with E-state index >= 15 is 0 Å². The van der Waals surface area contributed by atoms with Gasteiger partial charge >= 0.3 is 0 Å². The molecule has 136 valence electrons. The monoisotopic (exact) mass is 384 g/mol. The number of amides is 1. The van der Waals surface area contributed by atoms with Crippen LogP contribution in [-0.2, 0) is 24.3 Å². The van der Waals surface area contributed by atoms with Gasteiger partial charge in [0.15, 0.2) is 5.82 Å². The summed E-state index contributed by atoms with van der Waals surface area (Å²) in [5, 5.41) is 11.7. The van der Waals surface area contributed by atoms with Gasteiger partial charge in [-0.3, -0.25) is 4.79 Å². The number of aryl methyl sites for hydroxylation is 1. The van der Waals surface area contributed by atoms with Crippen molar-refractivity contribution in [1.29, 1.82) is 0 Å². The van der Waals surface area contributed by atoms with Crippen molar-refractivity contribution in [2.24, 2.45) is 5.73 Å². The van der Waals surface area contributed by atoms with Crippen molar-refractivity contribution in [3.63, 3.8) is 0 Å². The summed E-state index contributed by atoms with van der Waals surface area (Å²) in [6.07, 6.45) is 4.04. The van der Waals surface area contributed by atoms with Crippen molar-refractivity contribution in [2.75, 3.05) is 0 Å². The lowest BCUT2D eigenvalue weighted by Gasteiger charge is -2.12. The van der Waals surface area contributed by atoms with Gasteiger partial charge in [0.05, 0.1) is 12.6 Å². The number of hydrogen-bond donors (Lipinski definition) is 3. The Morgan fingerprint density at radius 2 is 2.12 bits per heavy atom. The molecule has 0 bridgehead atoms. The molecule has 0 aliphatic heterocycles. The standard InChI is InChI=1S/C16H20N6O.2ClH/c1-2-22-10-20-21-15(22)9-19-16(23)13(17)7-11-8-18-14-6-4-3-5-12(11)14;;/h3-6,8,10,13,18H,2,7,9,17H2,1H3,(H,19,23);2*1H/t13-;;/m0../s1. The van der Waals surface area contributed by atoms with E-state index in [1.165, 1.54) is 0 Å². The van der Waals surface area contributed by atoms with E-state index in [1.807, 2.05) is 42.0 Å². The highest BCUT2D eigenvalue weighted by Gasteiger charge is 2.16. The van der Waals surface area contributed by atoms with Gasteiger partial charge in [-0.05, 0) is 25.0 Å². The van der Waals surface area contributed by atoms with Crippen LogP contribution >= 0.6 is 24.8 Å². The number of benzene rings is 1. The molecular formula is C16H22Cl2N6O. The number of nitrogens with two attached hydrogens (primary N) is 1. The molecule has 25 heavy (non-hydrogen) atoms. The molecule has 1 amide bonds. The van der Waals surface area contributed by atoms with Crippen molar-refractivity contribution in [1.82, 2.24) is 25.1 Å². The zero-order valence-corrected chi connectivity index (χ0v) is 15.4. The number of aromatic amines is 1. The topological polar surface area (TPSA) is 102 Å². The first-order valence-corrected chi connectivity index (χ1v) is 7.64. The Labute approximate surface area is 158 Å². The molecule has 9 heteroatoms. The van der Waals surface area contributed by atoms with Crippen molar-refractivity contribution >= 4 is 41.6 Å². The minimum Gasteiger partial charge on any atom is -0.361 e. The molecule has 0 aliphatic carbocycles. The number of aromatic nitrogens is 4. The van der Waals surface area contributed by atoms with E-state index < -0.39 is 6.04 Å². The molecule has 2 aromatic heterocycles. The Kier molecular flexibility index (Phi) is 7.89. The third-order valence-corrected chi connectivity index (χ3v) is 3.91. The summed E-state index contributed by atoms with van der Waals surface area (Å²) in [5.41, 5.74) is 8.13. The molecule has 1 atom stereocenters. The Balaban J connectivity index is 0.00000156. The van der Waals surface area contributed by atoms with Gasteiger partial charge in [0.25, 0.3) is 0 Å². The Morgan fingerprint density at radius 1 is 1.36 bits per heavy atom. The van der Waals surface area contributed by atoms with Crippen LogP contribution in [0.5, 0.6) is 0 Å². The van der Waals surface area contributed by atoms with Crippen LogP contribution in [0.4, 0.5) is 0 Å². The van der Waals surface area contributed by atoms with Crippen molar-refractivity contribution in [2.45, 2.75) is 32.5 Å². The third-order valence-electron chi connectivity index (χ3n) is 3.91. The fourth-order valence-corrected chi connectivity index (χ4v) is 2.61. The molecular weight excluding hydrogens is 363 g/mol. The molecule has 3 rings (SSSR count). The van der Waals surface area contributed by atoms with E-state index in [4.69, 9.17) is 5.73 Å². The van der Waals surface area contributed by atoms with E-state index in [0.717, 1.165) is 28.8 Å². The largest absolute Gasteiger partial charge is 0.361 e. The summed E-state index contributed by atoms with van der Waals surface area (Å²) >= 11 is 0. The van der Waals surface area contributed by atoms with E-state index in [2.05, 4.69) is 20.5 Å². The SMILES string of the molecule is CCn1cnnc1CNC(=O)[C@@H](N)Cc1c[nH]c2ccccc12.Cl.Cl. The highest BCUT2D eigenvalue weighted by Crippen LogP contribution is 2.18. The quantitative estimate of drug-likeness (QED) is 0.602. The average Bonchev–Trinajstić information content (AvgIpc) is 3.19. The highest BCUT2D eigenvalue weighted by molar-refractivity contribution is 5.86. The van der Waals surface area contributed by atoms with E-state index in [-0.39, 0.29) is 30.7 Å². The molecule has 0 radical (unpaired) electrons. The second kappa shape index (κ2) is 9.41. The zero-order chi connectivity index (χ0) is 16.2. The van der Waals surface area contributed by atoms with Crippen LogP contribution in [0.15, 0.2) is 36.8 Å². The van der Waals surface area contributed by atoms with E-state index in [1.54, 1.807) is 6.33 Å². The molecule has 0 unspecified atom stereocenters. The summed E-state index contributed by atoms with van der Waals surface area (Å²) in [5.74, 6) is 0.529. The van der Waals surface area contributed by atoms with Gasteiger partial charge in [0.2, 0.25) is 5.91 Å². The van der Waals surface area contributed by atoms with Gasteiger partial charge < -0.3 is 20.6 Å². The maximum Gasteiger partial charge on any atom is 0.237 e. The van der Waals surface area contributed by atoms with Crippen molar-refractivity contribution < 1.29 is 4.79 Å². The summed E-state index contributed by atoms with van der Waals surface area (Å²) in [6, 6.07) is 7.37. The molecule has 1 aromatic carbocycles. The number of carbonyl (C=O) groups excluding carboxylic acids is 1. The first-order valence-electron chi connectivity index (χ1n) is 7.64. The third kappa shape index (κ3) is 4.72. The lowest BCUT2D eigenvalue weighted by molar-refractivity contribution is -0.122. The van der Waals surface area contributed by atoms with Gasteiger partial charge in [0, 0.05) is 23.6 Å². The summed E-state index contributed by atoms with van der Waals surface area (Å²) in [7, 11) is 0. The summed E-state index contributed by atoms with van der Waals surface area (Å²) in [4.78, 5) is 15.4. The number of nitrogens with zero attached hydrogens (tertiary/aromatic N) is 3. The molecule has 0 saturated carbocycles. The molecule has 0 saturated heterocycles. The maximum absolute atomic E-state index is 12.2. The molecule has 4 N–H and O–H groups in total. The zero-order valence-electron chi connectivity index (χ0n) is 13.8. The minimum atomic E-state index is -0.604. The van der Waals surface area contributed by atoms with Crippen LogP contribution in [0.25, 0.3) is 10.9 Å². The van der Waals surface area contributed by atoms with Gasteiger partial charge in [-0.1, -0.05) is 18.2 Å². The van der Waals surface area contributed by atoms with Gasteiger partial charge in [-0.2, -0.15) is 0 Å². The summed E-state index contributed by atoms with van der Waals surface area (Å²) in [6.45, 7) is 3.09. The molecule has 0 aliphatic rings. The molecule has 0 fully saturated rings. The van der Waals surface area contributed by atoms with Crippen molar-refractivity contribution in [3.05, 3.63) is 48.2 Å². The maximum atomic E-state index is 12.2. The highest BCUT2D eigenvalue weighted by atomic mass is 35.5. The van der Waals surface area contributed by atoms with Gasteiger partial charge in [0.1, 0.15) is 6.33 Å². The van der Waals surface area contributed by atoms with Crippen LogP contribution in [0.2, 0.25) is 0 Å². The summed E-state index contributed by atoms with van der Waals surface area (Å²) < 4.78 is 1.88. The number of nitrogens with one attached hydrogen (secondary N) is 2. The fourth-order valence-electron chi connectivity index (χ4n) is 2.61. The number of rotatable bonds is 6. The minimum absolute atomic E-state index is 0. The number of H-pyrrole nitrogens is 1. The fraction of sp³-hybridized carbons (Fsp3) is 0.312. The predicted octanol–water partition coefficient (Wildman–Crippen LogP) is 1.81. The number of fused-ring (bicyclic) bond motifs is 1. The number of hydrogen-bond acceptors (Lipinski definition) is 4. The van der Waals surface area contributed by atoms with E-state index in [0.29, 0.717) is 13.0 Å². The van der Waals surface area contributed by atoms with Gasteiger partial charge in [-0.25, -0.2) is 0 Å². The van der Waals surface area contributed by atoms with Crippen LogP contribution in [0.3, 0.4) is 0 Å². The Hall–Kier alpha value is -2.09. The molecule has 7 nitrogen and oxygen atoms in total. The first-order chi connectivity index (χ1) is 11.2. The van der Waals surface area contributed by atoms with Crippen LogP contribution in [0, 0.1) is 0 Å². The number of halogens is 2. The molecule has 0 spiro atoms.